The predicted molar refractivity (Wildman–Crippen MR) is 114 cm³/mol. The van der Waals surface area contributed by atoms with E-state index in [0.717, 1.165) is 34.6 Å². The molecule has 1 N–H and O–H groups in total. The summed E-state index contributed by atoms with van der Waals surface area (Å²) in [5, 5.41) is 11.3. The van der Waals surface area contributed by atoms with Crippen molar-refractivity contribution in [2.45, 2.75) is 19.4 Å². The number of hydrogen-bond acceptors (Lipinski definition) is 3. The van der Waals surface area contributed by atoms with Crippen molar-refractivity contribution in [3.63, 3.8) is 0 Å². The van der Waals surface area contributed by atoms with Gasteiger partial charge in [-0.1, -0.05) is 24.3 Å². The highest BCUT2D eigenvalue weighted by Crippen LogP contribution is 2.31. The van der Waals surface area contributed by atoms with Crippen LogP contribution in [0.2, 0.25) is 0 Å². The van der Waals surface area contributed by atoms with E-state index >= 15 is 0 Å². The summed E-state index contributed by atoms with van der Waals surface area (Å²) < 4.78 is 26.3. The van der Waals surface area contributed by atoms with Gasteiger partial charge in [-0.05, 0) is 43.2 Å². The van der Waals surface area contributed by atoms with Crippen molar-refractivity contribution in [3.05, 3.63) is 72.5 Å². The lowest BCUT2D eigenvalue weighted by Crippen LogP contribution is -2.08. The summed E-state index contributed by atoms with van der Waals surface area (Å²) in [6, 6.07) is 19.6. The Morgan fingerprint density at radius 2 is 1.53 bits per heavy atom. The molecule has 154 valence electrons. The Morgan fingerprint density at radius 3 is 2.27 bits per heavy atom. The summed E-state index contributed by atoms with van der Waals surface area (Å²) in [6.45, 7) is 0.890. The van der Waals surface area contributed by atoms with Crippen LogP contribution in [0, 0.1) is 5.82 Å². The molecule has 0 bridgehead atoms. The number of hydrogen-bond donors (Lipinski definition) is 1. The van der Waals surface area contributed by atoms with Gasteiger partial charge in [0.25, 0.3) is 0 Å². The first kappa shape index (κ1) is 19.8. The Kier molecular flexibility index (Phi) is 5.84. The standard InChI is InChI=1S/C24H22FNO4/c25-17-6-5-7-18(14-17)29-12-3-4-13-30-19-10-11-21-20-8-1-2-9-22(20)26(16-24(27)28)23(21)15-19/h1-2,5-11,14-15H,3-4,12-13,16H2,(H,27,28). The zero-order valence-corrected chi connectivity index (χ0v) is 16.4. The smallest absolute Gasteiger partial charge is 0.323 e. The minimum Gasteiger partial charge on any atom is -0.494 e. The van der Waals surface area contributed by atoms with Gasteiger partial charge in [0.2, 0.25) is 0 Å². The number of unbranched alkanes of at least 4 members (excludes halogenated alkanes) is 1. The molecule has 0 fully saturated rings. The second kappa shape index (κ2) is 8.86. The van der Waals surface area contributed by atoms with E-state index in [1.165, 1.54) is 12.1 Å². The van der Waals surface area contributed by atoms with Gasteiger partial charge in [0.05, 0.1) is 18.7 Å². The van der Waals surface area contributed by atoms with E-state index in [0.29, 0.717) is 24.7 Å². The average Bonchev–Trinajstić information content (AvgIpc) is 3.03. The summed E-state index contributed by atoms with van der Waals surface area (Å²) in [6.07, 6.45) is 1.56. The van der Waals surface area contributed by atoms with Gasteiger partial charge in [-0.2, -0.15) is 0 Å². The largest absolute Gasteiger partial charge is 0.494 e. The van der Waals surface area contributed by atoms with Crippen molar-refractivity contribution in [2.75, 3.05) is 13.2 Å². The van der Waals surface area contributed by atoms with E-state index in [2.05, 4.69) is 0 Å². The van der Waals surface area contributed by atoms with Crippen LogP contribution in [0.25, 0.3) is 21.8 Å². The van der Waals surface area contributed by atoms with Crippen LogP contribution in [0.4, 0.5) is 4.39 Å². The first-order chi connectivity index (χ1) is 14.6. The Hall–Kier alpha value is -3.54. The molecule has 5 nitrogen and oxygen atoms in total. The minimum atomic E-state index is -0.887. The van der Waals surface area contributed by atoms with Crippen molar-refractivity contribution in [2.24, 2.45) is 0 Å². The van der Waals surface area contributed by atoms with E-state index in [1.54, 1.807) is 16.7 Å². The molecule has 4 rings (SSSR count). The molecule has 4 aromatic rings. The first-order valence-corrected chi connectivity index (χ1v) is 9.86. The van der Waals surface area contributed by atoms with Gasteiger partial charge in [-0.15, -0.1) is 0 Å². The van der Waals surface area contributed by atoms with E-state index in [-0.39, 0.29) is 12.4 Å². The van der Waals surface area contributed by atoms with Gasteiger partial charge >= 0.3 is 5.97 Å². The molecule has 30 heavy (non-hydrogen) atoms. The maximum absolute atomic E-state index is 13.1. The molecule has 0 radical (unpaired) electrons. The molecular weight excluding hydrogens is 385 g/mol. The summed E-state index contributed by atoms with van der Waals surface area (Å²) in [5.41, 5.74) is 1.73. The lowest BCUT2D eigenvalue weighted by molar-refractivity contribution is -0.137. The molecule has 0 spiro atoms. The van der Waals surface area contributed by atoms with E-state index in [4.69, 9.17) is 9.47 Å². The van der Waals surface area contributed by atoms with Crippen molar-refractivity contribution in [1.29, 1.82) is 0 Å². The third kappa shape index (κ3) is 4.38. The molecule has 0 aliphatic rings. The highest BCUT2D eigenvalue weighted by Gasteiger charge is 2.13. The summed E-state index contributed by atoms with van der Waals surface area (Å²) in [4.78, 5) is 11.3. The molecule has 6 heteroatoms. The Balaban J connectivity index is 1.39. The van der Waals surface area contributed by atoms with Crippen LogP contribution in [0.15, 0.2) is 66.7 Å². The number of ether oxygens (including phenoxy) is 2. The monoisotopic (exact) mass is 407 g/mol. The molecule has 1 heterocycles. The quantitative estimate of drug-likeness (QED) is 0.385. The number of carboxylic acid groups (broad SMARTS) is 1. The zero-order valence-electron chi connectivity index (χ0n) is 16.4. The van der Waals surface area contributed by atoms with Crippen LogP contribution in [0.3, 0.4) is 0 Å². The van der Waals surface area contributed by atoms with Crippen molar-refractivity contribution >= 4 is 27.8 Å². The maximum atomic E-state index is 13.1. The minimum absolute atomic E-state index is 0.106. The van der Waals surface area contributed by atoms with E-state index in [9.17, 15) is 14.3 Å². The number of aliphatic carboxylic acids is 1. The topological polar surface area (TPSA) is 60.7 Å². The number of para-hydroxylation sites is 1. The fourth-order valence-electron chi connectivity index (χ4n) is 3.57. The average molecular weight is 407 g/mol. The van der Waals surface area contributed by atoms with Gasteiger partial charge in [0.15, 0.2) is 0 Å². The number of carboxylic acids is 1. The number of aromatic nitrogens is 1. The normalized spacial score (nSPS) is 11.1. The van der Waals surface area contributed by atoms with E-state index < -0.39 is 5.97 Å². The summed E-state index contributed by atoms with van der Waals surface area (Å²) in [5.74, 6) is 0.0180. The van der Waals surface area contributed by atoms with Crippen LogP contribution in [0.1, 0.15) is 12.8 Å². The number of nitrogens with zero attached hydrogens (tertiary/aromatic N) is 1. The molecule has 1 aromatic heterocycles. The molecule has 0 atom stereocenters. The van der Waals surface area contributed by atoms with Crippen LogP contribution in [0.5, 0.6) is 11.5 Å². The van der Waals surface area contributed by atoms with Crippen molar-refractivity contribution in [1.82, 2.24) is 4.57 Å². The third-order valence-corrected chi connectivity index (χ3v) is 4.91. The molecular formula is C24H22FNO4. The Labute approximate surface area is 173 Å². The molecule has 0 aliphatic heterocycles. The van der Waals surface area contributed by atoms with Gasteiger partial charge < -0.3 is 19.1 Å². The molecule has 0 saturated carbocycles. The van der Waals surface area contributed by atoms with E-state index in [1.807, 2.05) is 42.5 Å². The molecule has 0 aliphatic carbocycles. The van der Waals surface area contributed by atoms with Gasteiger partial charge in [0.1, 0.15) is 23.9 Å². The van der Waals surface area contributed by atoms with Gasteiger partial charge in [-0.25, -0.2) is 4.39 Å². The maximum Gasteiger partial charge on any atom is 0.323 e. The molecule has 0 unspecified atom stereocenters. The highest BCUT2D eigenvalue weighted by molar-refractivity contribution is 6.08. The first-order valence-electron chi connectivity index (χ1n) is 9.86. The lowest BCUT2D eigenvalue weighted by Gasteiger charge is -2.09. The van der Waals surface area contributed by atoms with Crippen molar-refractivity contribution in [3.8, 4) is 11.5 Å². The number of carbonyl (C=O) groups is 1. The number of rotatable bonds is 9. The highest BCUT2D eigenvalue weighted by atomic mass is 19.1. The summed E-state index contributed by atoms with van der Waals surface area (Å²) in [7, 11) is 0. The summed E-state index contributed by atoms with van der Waals surface area (Å²) >= 11 is 0. The lowest BCUT2D eigenvalue weighted by atomic mass is 10.1. The van der Waals surface area contributed by atoms with Crippen LogP contribution >= 0.6 is 0 Å². The van der Waals surface area contributed by atoms with Crippen LogP contribution in [-0.4, -0.2) is 28.9 Å². The van der Waals surface area contributed by atoms with Crippen molar-refractivity contribution < 1.29 is 23.8 Å². The van der Waals surface area contributed by atoms with Crippen LogP contribution < -0.4 is 9.47 Å². The molecule has 0 saturated heterocycles. The second-order valence-electron chi connectivity index (χ2n) is 7.04. The Bertz CT molecular complexity index is 1180. The number of benzene rings is 3. The van der Waals surface area contributed by atoms with Crippen LogP contribution in [-0.2, 0) is 11.3 Å². The SMILES string of the molecule is O=C(O)Cn1c2ccccc2c2ccc(OCCCCOc3cccc(F)c3)cc21. The number of halogens is 1. The fourth-order valence-corrected chi connectivity index (χ4v) is 3.57. The number of fused-ring (bicyclic) bond motifs is 3. The second-order valence-corrected chi connectivity index (χ2v) is 7.04. The fraction of sp³-hybridized carbons (Fsp3) is 0.208. The Morgan fingerprint density at radius 1 is 0.833 bits per heavy atom. The van der Waals surface area contributed by atoms with Gasteiger partial charge in [0, 0.05) is 28.4 Å². The zero-order chi connectivity index (χ0) is 20.9. The predicted octanol–water partition coefficient (Wildman–Crippen LogP) is 5.26. The molecule has 3 aromatic carbocycles. The molecule has 0 amide bonds. The third-order valence-electron chi connectivity index (χ3n) is 4.91. The van der Waals surface area contributed by atoms with Gasteiger partial charge in [-0.3, -0.25) is 4.79 Å².